The first-order chi connectivity index (χ1) is 15.4. The number of aromatic nitrogens is 2. The van der Waals surface area contributed by atoms with Gasteiger partial charge in [0.15, 0.2) is 6.10 Å². The summed E-state index contributed by atoms with van der Waals surface area (Å²) in [5.41, 5.74) is 3.51. The molecule has 1 amide bonds. The molecule has 0 bridgehead atoms. The minimum Gasteiger partial charge on any atom is -0.448 e. The van der Waals surface area contributed by atoms with Crippen molar-refractivity contribution in [2.45, 2.75) is 33.4 Å². The molecule has 0 fully saturated rings. The van der Waals surface area contributed by atoms with E-state index in [9.17, 15) is 9.59 Å². The third kappa shape index (κ3) is 4.42. The molecule has 4 aromatic rings. The highest BCUT2D eigenvalue weighted by Crippen LogP contribution is 2.30. The summed E-state index contributed by atoms with van der Waals surface area (Å²) >= 11 is 2.53. The summed E-state index contributed by atoms with van der Waals surface area (Å²) in [6, 6.07) is 13.6. The lowest BCUT2D eigenvalue weighted by Gasteiger charge is -2.12. The highest BCUT2D eigenvalue weighted by Gasteiger charge is 2.23. The van der Waals surface area contributed by atoms with Crippen molar-refractivity contribution in [2.24, 2.45) is 0 Å². The monoisotopic (exact) mass is 464 g/mol. The van der Waals surface area contributed by atoms with Crippen LogP contribution >= 0.6 is 22.7 Å². The van der Waals surface area contributed by atoms with E-state index in [1.807, 2.05) is 24.6 Å². The number of carbonyl (C=O) groups is 2. The van der Waals surface area contributed by atoms with E-state index in [4.69, 9.17) is 10.00 Å². The topological polar surface area (TPSA) is 97.0 Å². The molecule has 1 unspecified atom stereocenters. The van der Waals surface area contributed by atoms with Crippen molar-refractivity contribution in [1.82, 2.24) is 9.78 Å². The first-order valence-electron chi connectivity index (χ1n) is 9.87. The first-order valence-corrected chi connectivity index (χ1v) is 11.6. The average molecular weight is 465 g/mol. The molecule has 162 valence electrons. The van der Waals surface area contributed by atoms with Crippen LogP contribution in [0.1, 0.15) is 39.0 Å². The molecular weight excluding hydrogens is 444 g/mol. The fourth-order valence-corrected chi connectivity index (χ4v) is 4.95. The van der Waals surface area contributed by atoms with Gasteiger partial charge in [-0.2, -0.15) is 10.4 Å². The molecule has 0 radical (unpaired) electrons. The number of amides is 1. The number of esters is 1. The molecule has 0 saturated heterocycles. The Hall–Kier alpha value is -3.48. The standard InChI is InChI=1S/C23H20N4O3S2/c1-13-4-6-16(7-5-13)12-27-22-18(14(2)26-27)10-19(32-22)23(29)30-15(3)20(28)25-21-17(11-24)8-9-31-21/h4-10,15H,12H2,1-3H3,(H,25,28). The zero-order chi connectivity index (χ0) is 22.8. The summed E-state index contributed by atoms with van der Waals surface area (Å²) in [5.74, 6) is -1.05. The van der Waals surface area contributed by atoms with Gasteiger partial charge in [0.2, 0.25) is 0 Å². The Morgan fingerprint density at radius 1 is 1.25 bits per heavy atom. The van der Waals surface area contributed by atoms with Crippen molar-refractivity contribution < 1.29 is 14.3 Å². The Labute approximate surface area is 192 Å². The van der Waals surface area contributed by atoms with Crippen molar-refractivity contribution in [1.29, 1.82) is 5.26 Å². The molecule has 4 rings (SSSR count). The molecule has 0 aliphatic rings. The number of nitriles is 1. The smallest absolute Gasteiger partial charge is 0.349 e. The molecule has 1 aromatic carbocycles. The van der Waals surface area contributed by atoms with Crippen LogP contribution in [-0.2, 0) is 16.1 Å². The molecule has 32 heavy (non-hydrogen) atoms. The number of thiophene rings is 2. The van der Waals surface area contributed by atoms with Gasteiger partial charge in [0.1, 0.15) is 20.8 Å². The number of nitrogens with zero attached hydrogens (tertiary/aromatic N) is 3. The van der Waals surface area contributed by atoms with Gasteiger partial charge in [-0.15, -0.1) is 22.7 Å². The molecule has 0 saturated carbocycles. The van der Waals surface area contributed by atoms with Crippen molar-refractivity contribution in [3.63, 3.8) is 0 Å². The largest absolute Gasteiger partial charge is 0.448 e. The lowest BCUT2D eigenvalue weighted by Crippen LogP contribution is -2.29. The van der Waals surface area contributed by atoms with Crippen LogP contribution < -0.4 is 5.32 Å². The molecule has 9 heteroatoms. The normalized spacial score (nSPS) is 11.8. The van der Waals surface area contributed by atoms with Gasteiger partial charge in [-0.05, 0) is 43.8 Å². The van der Waals surface area contributed by atoms with Gasteiger partial charge in [-0.25, -0.2) is 4.79 Å². The van der Waals surface area contributed by atoms with E-state index in [1.165, 1.54) is 35.2 Å². The van der Waals surface area contributed by atoms with Crippen molar-refractivity contribution in [3.05, 3.63) is 69.0 Å². The fourth-order valence-electron chi connectivity index (χ4n) is 3.17. The van der Waals surface area contributed by atoms with E-state index in [0.717, 1.165) is 21.5 Å². The highest BCUT2D eigenvalue weighted by atomic mass is 32.1. The Balaban J connectivity index is 1.48. The van der Waals surface area contributed by atoms with Gasteiger partial charge in [-0.1, -0.05) is 29.8 Å². The first kappa shape index (κ1) is 21.7. The van der Waals surface area contributed by atoms with E-state index in [-0.39, 0.29) is 0 Å². The Morgan fingerprint density at radius 3 is 2.72 bits per heavy atom. The van der Waals surface area contributed by atoms with Crippen LogP contribution in [0, 0.1) is 25.2 Å². The number of anilines is 1. The Morgan fingerprint density at radius 2 is 2.00 bits per heavy atom. The summed E-state index contributed by atoms with van der Waals surface area (Å²) in [5, 5.41) is 19.3. The minimum atomic E-state index is -1.01. The third-order valence-corrected chi connectivity index (χ3v) is 6.90. The van der Waals surface area contributed by atoms with Gasteiger partial charge in [0.05, 0.1) is 17.8 Å². The second-order valence-corrected chi connectivity index (χ2v) is 9.32. The van der Waals surface area contributed by atoms with Crippen LogP contribution in [0.25, 0.3) is 10.2 Å². The minimum absolute atomic E-state index is 0.375. The fraction of sp³-hybridized carbons (Fsp3) is 0.217. The number of ether oxygens (including phenoxy) is 1. The third-order valence-electron chi connectivity index (χ3n) is 4.94. The number of carbonyl (C=O) groups excluding carboxylic acids is 2. The van der Waals surface area contributed by atoms with Gasteiger partial charge in [0, 0.05) is 5.39 Å². The van der Waals surface area contributed by atoms with Crippen LogP contribution in [0.3, 0.4) is 0 Å². The maximum Gasteiger partial charge on any atom is 0.349 e. The Bertz CT molecular complexity index is 1340. The maximum atomic E-state index is 12.7. The number of hydrogen-bond acceptors (Lipinski definition) is 7. The molecular formula is C23H20N4O3S2. The van der Waals surface area contributed by atoms with E-state index < -0.39 is 18.0 Å². The van der Waals surface area contributed by atoms with E-state index >= 15 is 0 Å². The lowest BCUT2D eigenvalue weighted by atomic mass is 10.1. The van der Waals surface area contributed by atoms with Crippen LogP contribution in [0.4, 0.5) is 5.00 Å². The predicted octanol–water partition coefficient (Wildman–Crippen LogP) is 4.88. The van der Waals surface area contributed by atoms with E-state index in [0.29, 0.717) is 22.0 Å². The van der Waals surface area contributed by atoms with Gasteiger partial charge >= 0.3 is 5.97 Å². The lowest BCUT2D eigenvalue weighted by molar-refractivity contribution is -0.123. The molecule has 0 spiro atoms. The molecule has 0 aliphatic heterocycles. The molecule has 1 atom stereocenters. The van der Waals surface area contributed by atoms with Crippen molar-refractivity contribution in [2.75, 3.05) is 5.32 Å². The van der Waals surface area contributed by atoms with Crippen LogP contribution in [0.2, 0.25) is 0 Å². The Kier molecular flexibility index (Phi) is 6.08. The molecule has 1 N–H and O–H groups in total. The van der Waals surface area contributed by atoms with Gasteiger partial charge in [0.25, 0.3) is 5.91 Å². The van der Waals surface area contributed by atoms with Crippen LogP contribution in [0.5, 0.6) is 0 Å². The van der Waals surface area contributed by atoms with E-state index in [1.54, 1.807) is 17.5 Å². The summed E-state index contributed by atoms with van der Waals surface area (Å²) in [4.78, 5) is 26.4. The summed E-state index contributed by atoms with van der Waals surface area (Å²) in [7, 11) is 0. The molecule has 7 nitrogen and oxygen atoms in total. The molecule has 0 aliphatic carbocycles. The molecule has 3 heterocycles. The summed E-state index contributed by atoms with van der Waals surface area (Å²) < 4.78 is 7.26. The zero-order valence-corrected chi connectivity index (χ0v) is 19.3. The van der Waals surface area contributed by atoms with Crippen LogP contribution in [0.15, 0.2) is 41.8 Å². The number of nitrogens with one attached hydrogen (secondary N) is 1. The van der Waals surface area contributed by atoms with Crippen molar-refractivity contribution >= 4 is 49.8 Å². The zero-order valence-electron chi connectivity index (χ0n) is 17.7. The van der Waals surface area contributed by atoms with Crippen LogP contribution in [-0.4, -0.2) is 27.8 Å². The SMILES string of the molecule is Cc1ccc(Cn2nc(C)c3cc(C(=O)OC(C)C(=O)Nc4sccc4C#N)sc32)cc1. The number of rotatable bonds is 6. The average Bonchev–Trinajstić information content (AvgIpc) is 3.47. The predicted molar refractivity (Wildman–Crippen MR) is 125 cm³/mol. The summed E-state index contributed by atoms with van der Waals surface area (Å²) in [6.07, 6.45) is -1.01. The molecule has 3 aromatic heterocycles. The van der Waals surface area contributed by atoms with Gasteiger partial charge in [-0.3, -0.25) is 9.48 Å². The quantitative estimate of drug-likeness (QED) is 0.410. The number of fused-ring (bicyclic) bond motifs is 1. The van der Waals surface area contributed by atoms with E-state index in [2.05, 4.69) is 34.7 Å². The number of hydrogen-bond donors (Lipinski definition) is 1. The number of aryl methyl sites for hydroxylation is 2. The summed E-state index contributed by atoms with van der Waals surface area (Å²) in [6.45, 7) is 6.05. The number of benzene rings is 1. The second-order valence-electron chi connectivity index (χ2n) is 7.37. The highest BCUT2D eigenvalue weighted by molar-refractivity contribution is 7.20. The maximum absolute atomic E-state index is 12.7. The van der Waals surface area contributed by atoms with Gasteiger partial charge < -0.3 is 10.1 Å². The van der Waals surface area contributed by atoms with Crippen molar-refractivity contribution in [3.8, 4) is 6.07 Å². The second kappa shape index (κ2) is 8.94.